The molecule has 1 aliphatic rings. The molecule has 0 spiro atoms. The van der Waals surface area contributed by atoms with Gasteiger partial charge < -0.3 is 10.1 Å². The zero-order valence-corrected chi connectivity index (χ0v) is 15.7. The minimum atomic E-state index is -0.279. The minimum Gasteiger partial charge on any atom is -0.466 e. The topological polar surface area (TPSA) is 68.3 Å². The number of carbonyl (C=O) groups excluding carboxylic acids is 2. The van der Waals surface area contributed by atoms with Crippen LogP contribution in [-0.2, 0) is 33.6 Å². The van der Waals surface area contributed by atoms with E-state index in [9.17, 15) is 9.59 Å². The quantitative estimate of drug-likeness (QED) is 0.592. The SMILES string of the molecule is CCOC(=O)Cc1csc(SCC(=O)Nc2ccc3c(c2)CCC3)n1. The van der Waals surface area contributed by atoms with Gasteiger partial charge in [0.05, 0.1) is 24.5 Å². The number of amides is 1. The Bertz CT molecular complexity index is 773. The number of aryl methyl sites for hydroxylation is 2. The summed E-state index contributed by atoms with van der Waals surface area (Å²) in [6.07, 6.45) is 3.60. The van der Waals surface area contributed by atoms with Gasteiger partial charge in [-0.3, -0.25) is 9.59 Å². The van der Waals surface area contributed by atoms with E-state index in [-0.39, 0.29) is 18.3 Å². The number of carbonyl (C=O) groups is 2. The van der Waals surface area contributed by atoms with Crippen LogP contribution in [0.3, 0.4) is 0 Å². The smallest absolute Gasteiger partial charge is 0.311 e. The van der Waals surface area contributed by atoms with E-state index in [1.807, 2.05) is 11.4 Å². The third kappa shape index (κ3) is 5.06. The molecule has 1 amide bonds. The lowest BCUT2D eigenvalue weighted by Gasteiger charge is -2.06. The maximum atomic E-state index is 12.1. The van der Waals surface area contributed by atoms with Gasteiger partial charge in [-0.1, -0.05) is 17.8 Å². The molecule has 2 aromatic rings. The van der Waals surface area contributed by atoms with Crippen LogP contribution in [0.5, 0.6) is 0 Å². The molecule has 0 aliphatic heterocycles. The second kappa shape index (κ2) is 8.49. The van der Waals surface area contributed by atoms with E-state index in [1.54, 1.807) is 6.92 Å². The summed E-state index contributed by atoms with van der Waals surface area (Å²) >= 11 is 2.82. The Hall–Kier alpha value is -1.86. The third-order valence-electron chi connectivity index (χ3n) is 3.87. The fourth-order valence-electron chi connectivity index (χ4n) is 2.77. The van der Waals surface area contributed by atoms with Crippen molar-refractivity contribution in [3.63, 3.8) is 0 Å². The van der Waals surface area contributed by atoms with Crippen molar-refractivity contribution in [3.8, 4) is 0 Å². The van der Waals surface area contributed by atoms with E-state index < -0.39 is 0 Å². The first-order chi connectivity index (χ1) is 12.1. The van der Waals surface area contributed by atoms with Crippen LogP contribution in [0.2, 0.25) is 0 Å². The van der Waals surface area contributed by atoms with Crippen LogP contribution in [-0.4, -0.2) is 29.2 Å². The molecule has 1 aromatic carbocycles. The number of ether oxygens (including phenoxy) is 1. The Kier molecular flexibility index (Phi) is 6.09. The van der Waals surface area contributed by atoms with Crippen molar-refractivity contribution in [2.75, 3.05) is 17.7 Å². The molecule has 0 bridgehead atoms. The number of nitrogens with one attached hydrogen (secondary N) is 1. The average Bonchev–Trinajstić information content (AvgIpc) is 3.21. The lowest BCUT2D eigenvalue weighted by Crippen LogP contribution is -2.14. The summed E-state index contributed by atoms with van der Waals surface area (Å²) in [5, 5.41) is 4.77. The van der Waals surface area contributed by atoms with Crippen molar-refractivity contribution >= 4 is 40.7 Å². The number of fused-ring (bicyclic) bond motifs is 1. The number of hydrogen-bond acceptors (Lipinski definition) is 6. The second-order valence-corrected chi connectivity index (χ2v) is 7.84. The molecule has 0 fully saturated rings. The lowest BCUT2D eigenvalue weighted by atomic mass is 10.1. The summed E-state index contributed by atoms with van der Waals surface area (Å²) in [6, 6.07) is 6.15. The highest BCUT2D eigenvalue weighted by Gasteiger charge is 2.13. The van der Waals surface area contributed by atoms with Crippen LogP contribution in [0, 0.1) is 0 Å². The van der Waals surface area contributed by atoms with Crippen LogP contribution >= 0.6 is 23.1 Å². The molecule has 1 aliphatic carbocycles. The van der Waals surface area contributed by atoms with Crippen LogP contribution in [0.25, 0.3) is 0 Å². The molecule has 0 saturated carbocycles. The number of aromatic nitrogens is 1. The maximum Gasteiger partial charge on any atom is 0.311 e. The lowest BCUT2D eigenvalue weighted by molar-refractivity contribution is -0.142. The number of hydrogen-bond donors (Lipinski definition) is 1. The van der Waals surface area contributed by atoms with E-state index in [2.05, 4.69) is 22.4 Å². The zero-order chi connectivity index (χ0) is 17.6. The fraction of sp³-hybridized carbons (Fsp3) is 0.389. The van der Waals surface area contributed by atoms with E-state index in [0.717, 1.165) is 22.9 Å². The largest absolute Gasteiger partial charge is 0.466 e. The van der Waals surface area contributed by atoms with Gasteiger partial charge in [-0.05, 0) is 49.4 Å². The van der Waals surface area contributed by atoms with Crippen LogP contribution in [0.1, 0.15) is 30.2 Å². The first-order valence-electron chi connectivity index (χ1n) is 8.28. The second-order valence-electron chi connectivity index (χ2n) is 5.76. The highest BCUT2D eigenvalue weighted by molar-refractivity contribution is 8.01. The van der Waals surface area contributed by atoms with Crippen molar-refractivity contribution < 1.29 is 14.3 Å². The van der Waals surface area contributed by atoms with E-state index in [0.29, 0.717) is 18.1 Å². The molecule has 132 valence electrons. The van der Waals surface area contributed by atoms with Gasteiger partial charge in [0.2, 0.25) is 5.91 Å². The molecule has 5 nitrogen and oxygen atoms in total. The van der Waals surface area contributed by atoms with Gasteiger partial charge in [-0.15, -0.1) is 11.3 Å². The summed E-state index contributed by atoms with van der Waals surface area (Å²) in [5.74, 6) is -0.0347. The van der Waals surface area contributed by atoms with Crippen LogP contribution < -0.4 is 5.32 Å². The number of benzene rings is 1. The maximum absolute atomic E-state index is 12.1. The Morgan fingerprint density at radius 2 is 2.16 bits per heavy atom. The van der Waals surface area contributed by atoms with Gasteiger partial charge in [0, 0.05) is 11.1 Å². The normalized spacial score (nSPS) is 12.7. The van der Waals surface area contributed by atoms with E-state index >= 15 is 0 Å². The van der Waals surface area contributed by atoms with Crippen molar-refractivity contribution in [1.29, 1.82) is 0 Å². The summed E-state index contributed by atoms with van der Waals surface area (Å²) in [5.41, 5.74) is 4.27. The van der Waals surface area contributed by atoms with Crippen LogP contribution in [0.15, 0.2) is 27.9 Å². The Morgan fingerprint density at radius 3 is 3.00 bits per heavy atom. The van der Waals surface area contributed by atoms with Gasteiger partial charge in [0.15, 0.2) is 4.34 Å². The Morgan fingerprint density at radius 1 is 1.32 bits per heavy atom. The Balaban J connectivity index is 1.47. The van der Waals surface area contributed by atoms with Gasteiger partial charge in [-0.2, -0.15) is 0 Å². The monoisotopic (exact) mass is 376 g/mol. The minimum absolute atomic E-state index is 0.0508. The van der Waals surface area contributed by atoms with Gasteiger partial charge in [0.25, 0.3) is 0 Å². The molecule has 3 rings (SSSR count). The van der Waals surface area contributed by atoms with Crippen LogP contribution in [0.4, 0.5) is 5.69 Å². The van der Waals surface area contributed by atoms with Crippen molar-refractivity contribution in [3.05, 3.63) is 40.4 Å². The predicted octanol–water partition coefficient (Wildman–Crippen LogP) is 3.47. The molecule has 0 unspecified atom stereocenters. The molecule has 1 heterocycles. The molecule has 0 atom stereocenters. The summed E-state index contributed by atoms with van der Waals surface area (Å²) in [7, 11) is 0. The number of anilines is 1. The predicted molar refractivity (Wildman–Crippen MR) is 100 cm³/mol. The van der Waals surface area contributed by atoms with Gasteiger partial charge in [0.1, 0.15) is 0 Å². The first-order valence-corrected chi connectivity index (χ1v) is 10.1. The summed E-state index contributed by atoms with van der Waals surface area (Å²) in [4.78, 5) is 27.9. The van der Waals surface area contributed by atoms with Crippen molar-refractivity contribution in [1.82, 2.24) is 4.98 Å². The first kappa shape index (κ1) is 17.9. The number of nitrogens with zero attached hydrogens (tertiary/aromatic N) is 1. The zero-order valence-electron chi connectivity index (χ0n) is 14.0. The molecule has 7 heteroatoms. The van der Waals surface area contributed by atoms with Gasteiger partial charge >= 0.3 is 5.97 Å². The highest BCUT2D eigenvalue weighted by Crippen LogP contribution is 2.26. The Labute approximate surface area is 155 Å². The number of esters is 1. The number of thioether (sulfide) groups is 1. The molecule has 0 radical (unpaired) electrons. The van der Waals surface area contributed by atoms with Crippen molar-refractivity contribution in [2.24, 2.45) is 0 Å². The molecule has 0 saturated heterocycles. The van der Waals surface area contributed by atoms with E-state index in [1.165, 1.54) is 40.6 Å². The third-order valence-corrected chi connectivity index (χ3v) is 5.94. The molecule has 25 heavy (non-hydrogen) atoms. The number of rotatable bonds is 7. The molecular formula is C18H20N2O3S2. The van der Waals surface area contributed by atoms with E-state index in [4.69, 9.17) is 4.74 Å². The van der Waals surface area contributed by atoms with Gasteiger partial charge in [-0.25, -0.2) is 4.98 Å². The molecule has 1 N–H and O–H groups in total. The average molecular weight is 377 g/mol. The standard InChI is InChI=1S/C18H20N2O3S2/c1-2-23-17(22)9-15-10-24-18(20-15)25-11-16(21)19-14-7-6-12-4-3-5-13(12)8-14/h6-8,10H,2-5,9,11H2,1H3,(H,19,21). The molecular weight excluding hydrogens is 356 g/mol. The summed E-state index contributed by atoms with van der Waals surface area (Å²) in [6.45, 7) is 2.15. The van der Waals surface area contributed by atoms with Crippen molar-refractivity contribution in [2.45, 2.75) is 36.9 Å². The fourth-order valence-corrected chi connectivity index (χ4v) is 4.41. The highest BCUT2D eigenvalue weighted by atomic mass is 32.2. The molecule has 1 aromatic heterocycles. The summed E-state index contributed by atoms with van der Waals surface area (Å²) < 4.78 is 5.69. The number of thiazole rings is 1.